The van der Waals surface area contributed by atoms with Gasteiger partial charge in [0, 0.05) is 0 Å². The van der Waals surface area contributed by atoms with E-state index in [-0.39, 0.29) is 217 Å². The minimum Gasteiger partial charge on any atom is -0.438 e. The first-order valence-electron chi connectivity index (χ1n) is 55.5. The Morgan fingerprint density at radius 3 is 0.784 bits per heavy atom. The molecule has 21 heteroatoms. The molecular weight excluding hydrogens is 1860 g/mol. The van der Waals surface area contributed by atoms with Crippen molar-refractivity contribution in [1.29, 1.82) is 0 Å². The highest BCUT2D eigenvalue weighted by atomic mass is 16.7. The monoisotopic (exact) mass is 2100 g/mol. The molecule has 0 amide bonds. The second-order valence-corrected chi connectivity index (χ2v) is 50.4. The molecule has 0 heterocycles. The number of ether oxygens (including phenoxy) is 14. The third kappa shape index (κ3) is 36.5. The fourth-order valence-electron chi connectivity index (χ4n) is 31.5. The molecular formula is C127H242O21. The van der Waals surface area contributed by atoms with Gasteiger partial charge in [0.05, 0.1) is 83.7 Å². The topological polar surface area (TPSA) is 249 Å². The van der Waals surface area contributed by atoms with Crippen LogP contribution in [0.25, 0.3) is 0 Å². The van der Waals surface area contributed by atoms with Gasteiger partial charge in [0.25, 0.3) is 0 Å². The largest absolute Gasteiger partial charge is 0.438 e. The van der Waals surface area contributed by atoms with Crippen LogP contribution in [0.1, 0.15) is 491 Å². The van der Waals surface area contributed by atoms with E-state index in [9.17, 15) is 33.6 Å². The Bertz CT molecular complexity index is 3630. The van der Waals surface area contributed by atoms with Crippen LogP contribution in [0.4, 0.5) is 0 Å². The molecule has 24 rings (SSSR count). The highest BCUT2D eigenvalue weighted by Crippen LogP contribution is 2.69. The van der Waals surface area contributed by atoms with Crippen molar-refractivity contribution in [3.05, 3.63) is 0 Å². The molecule has 0 N–H and O–H groups in total. The summed E-state index contributed by atoms with van der Waals surface area (Å²) in [4.78, 5) is 81.9. The summed E-state index contributed by atoms with van der Waals surface area (Å²) in [6, 6.07) is 0. The van der Waals surface area contributed by atoms with Gasteiger partial charge < -0.3 is 66.3 Å². The van der Waals surface area contributed by atoms with Crippen molar-refractivity contribution in [3.63, 3.8) is 0 Å². The summed E-state index contributed by atoms with van der Waals surface area (Å²) in [6.45, 7) is 35.8. The van der Waals surface area contributed by atoms with Crippen LogP contribution in [-0.4, -0.2) is 133 Å². The number of carbonyl (C=O) groups excluding carboxylic acids is 7. The zero-order valence-corrected chi connectivity index (χ0v) is 86.7. The average molecular weight is 2110 g/mol. The van der Waals surface area contributed by atoms with Crippen LogP contribution >= 0.6 is 0 Å². The molecule has 24 saturated carbocycles. The van der Waals surface area contributed by atoms with E-state index >= 15 is 0 Å². The fourth-order valence-corrected chi connectivity index (χ4v) is 31.5. The smallest absolute Gasteiger partial charge is 0.313 e. The maximum atomic E-state index is 11.9. The predicted octanol–water partition coefficient (Wildman–Crippen LogP) is 33.5. The molecule has 0 saturated heterocycles. The molecule has 0 aromatic carbocycles. The van der Waals surface area contributed by atoms with Gasteiger partial charge in [-0.15, -0.1) is 0 Å². The van der Waals surface area contributed by atoms with Gasteiger partial charge in [-0.1, -0.05) is 180 Å². The summed E-state index contributed by atoms with van der Waals surface area (Å²) in [6.07, 6.45) is 55.3. The van der Waals surface area contributed by atoms with E-state index in [4.69, 9.17) is 66.3 Å². The minimum atomic E-state index is -0.399. The van der Waals surface area contributed by atoms with E-state index in [1.165, 1.54) is 225 Å². The molecule has 0 aromatic heterocycles. The Morgan fingerprint density at radius 2 is 0.493 bits per heavy atom. The van der Waals surface area contributed by atoms with Crippen LogP contribution in [0.2, 0.25) is 0 Å². The minimum absolute atomic E-state index is 0. The van der Waals surface area contributed by atoms with Gasteiger partial charge in [0.15, 0.2) is 47.6 Å². The first-order valence-corrected chi connectivity index (χ1v) is 55.5. The van der Waals surface area contributed by atoms with Gasteiger partial charge >= 0.3 is 41.8 Å². The molecule has 24 fully saturated rings. The summed E-state index contributed by atoms with van der Waals surface area (Å²) in [5.74, 6) is 20.3. The van der Waals surface area contributed by atoms with Crippen molar-refractivity contribution >= 4 is 41.8 Å². The quantitative estimate of drug-likeness (QED) is 0.0184. The van der Waals surface area contributed by atoms with E-state index in [1.807, 2.05) is 118 Å². The number of rotatable bonds is 37. The maximum absolute atomic E-state index is 11.9. The Labute approximate surface area is 911 Å². The zero-order chi connectivity index (χ0) is 95.6. The number of hydrogen-bond acceptors (Lipinski definition) is 21. The van der Waals surface area contributed by atoms with Crippen LogP contribution in [0.5, 0.6) is 0 Å². The molecule has 0 aromatic rings. The van der Waals surface area contributed by atoms with Gasteiger partial charge in [0.2, 0.25) is 0 Å². The van der Waals surface area contributed by atoms with Gasteiger partial charge in [-0.3, -0.25) is 33.6 Å². The van der Waals surface area contributed by atoms with Crippen molar-refractivity contribution in [1.82, 2.24) is 0 Å². The standard InChI is InChI=1S/C18H28O3.C18H30O3.2C17H28O3.C16H26O3.C14H24O3.C13H22O3.14CH4/c1-3-10(2)18(19)21-9-20-15-8-13-7-14(15)17-12-5-4-11(6-12)16(13)17;1-4-17(2,3)16(19)21-12-20-11-18-8-13-5-14(9-18)7-15(6-13)10-18;1-4-17(2,3)16(18)20-10-19-15-13-6-11-5-12(8-13)9-14(15)7-11;1-3-12(2)16(18)20-11-19-10-17-7-13-4-14(8-17)6-15(5-13)9-17;1-3-10(2)16(17)19-9-18-15-13-5-11-4-12(7-13)8-14(15)6-11;1-4-14(2,3)13(15)17-9-16-12-8-10-5-6-11(12)7-10;1-3-9(2)13(14)16-8-15-12-7-10-4-5-11(12)6-10;;;;;;;;;;;;;;/h10-17H,3-9H2,1-2H3;13-15H,4-12H2,1-3H3;11-15H,4-10H2,1-3H3;12-15H,3-11H2,1-2H3;10-15H,3-9H2,1-2H3;10-12H,4-9H2,1-3H3;9-12H,3-8H2,1-2H3;14*1H4. The molecule has 17 atom stereocenters. The zero-order valence-electron chi connectivity index (χ0n) is 86.7. The predicted molar refractivity (Wildman–Crippen MR) is 607 cm³/mol. The van der Waals surface area contributed by atoms with Gasteiger partial charge in [-0.2, -0.15) is 0 Å². The summed E-state index contributed by atoms with van der Waals surface area (Å²) < 4.78 is 77.5. The van der Waals surface area contributed by atoms with E-state index in [0.717, 1.165) is 200 Å². The third-order valence-electron chi connectivity index (χ3n) is 39.7. The van der Waals surface area contributed by atoms with E-state index in [2.05, 4.69) is 0 Å². The SMILES string of the molecule is C.C.C.C.C.C.C.C.C.C.C.C.C.C.CCC(C)(C)C(=O)OCOC1C2CC3CC(C2)CC1C3.CCC(C)(C)C(=O)OCOC1CC2CCC1C2.CCC(C)(C)C(=O)OCOCC12CC3CC(CC(C3)C1)C2.CCC(C)C(=O)OCOC1C2CC3CC(C2)CC1C3.CCC(C)C(=O)OCOC1CC2CC1C1C3CCC(C3)C21.CCC(C)C(=O)OCOC1CC2CCC1C2.CCC(C)C(=O)OCOCC12CC3CC(CC(C3)C1)C2. The average Bonchev–Trinajstić information content (AvgIpc) is 1.55. The summed E-state index contributed by atoms with van der Waals surface area (Å²) in [7, 11) is 0. The number of fused-ring (bicyclic) bond motifs is 13. The second kappa shape index (κ2) is 64.8. The van der Waals surface area contributed by atoms with E-state index in [1.54, 1.807) is 0 Å². The van der Waals surface area contributed by atoms with Crippen molar-refractivity contribution in [2.24, 2.45) is 193 Å². The molecule has 0 radical (unpaired) electrons. The molecule has 0 spiro atoms. The van der Waals surface area contributed by atoms with Crippen LogP contribution in [0.15, 0.2) is 0 Å². The van der Waals surface area contributed by atoms with Crippen molar-refractivity contribution in [3.8, 4) is 0 Å². The van der Waals surface area contributed by atoms with E-state index < -0.39 is 16.2 Å². The third-order valence-corrected chi connectivity index (χ3v) is 39.7. The fraction of sp³-hybridized carbons (Fsp3) is 0.945. The van der Waals surface area contributed by atoms with Gasteiger partial charge in [-0.25, -0.2) is 0 Å². The van der Waals surface area contributed by atoms with Crippen LogP contribution in [0.3, 0.4) is 0 Å². The van der Waals surface area contributed by atoms with Crippen molar-refractivity contribution in [2.75, 3.05) is 60.8 Å². The lowest BCUT2D eigenvalue weighted by molar-refractivity contribution is -0.193. The lowest BCUT2D eigenvalue weighted by Crippen LogP contribution is -2.49. The first kappa shape index (κ1) is 144. The number of esters is 7. The Kier molecular flexibility index (Phi) is 63.0. The second-order valence-electron chi connectivity index (χ2n) is 50.4. The highest BCUT2D eigenvalue weighted by molar-refractivity contribution is 5.77. The summed E-state index contributed by atoms with van der Waals surface area (Å²) in [5.41, 5.74) is -0.367. The molecule has 21 nitrogen and oxygen atoms in total. The van der Waals surface area contributed by atoms with Crippen molar-refractivity contribution < 1.29 is 99.9 Å². The molecule has 24 aliphatic carbocycles. The summed E-state index contributed by atoms with van der Waals surface area (Å²) in [5, 5.41) is 0. The lowest BCUT2D eigenvalue weighted by Gasteiger charge is -2.56. The lowest BCUT2D eigenvalue weighted by atomic mass is 9.50. The molecule has 876 valence electrons. The normalized spacial score (nSPS) is 35.4. The van der Waals surface area contributed by atoms with Crippen molar-refractivity contribution in [2.45, 2.75) is 522 Å². The maximum Gasteiger partial charge on any atom is 0.313 e. The summed E-state index contributed by atoms with van der Waals surface area (Å²) >= 11 is 0. The molecule has 148 heavy (non-hydrogen) atoms. The number of carbonyl (C=O) groups is 7. The Morgan fingerprint density at radius 1 is 0.243 bits per heavy atom. The van der Waals surface area contributed by atoms with Crippen LogP contribution in [-0.2, 0) is 99.9 Å². The number of hydrogen-bond donors (Lipinski definition) is 0. The molecule has 0 aliphatic heterocycles. The Balaban J connectivity index is 0.00000168. The van der Waals surface area contributed by atoms with Crippen LogP contribution in [0, 0.1) is 193 Å². The highest BCUT2D eigenvalue weighted by Gasteiger charge is 2.63. The Hall–Kier alpha value is -3.99. The molecule has 17 unspecified atom stereocenters. The first-order chi connectivity index (χ1) is 64.1. The van der Waals surface area contributed by atoms with Gasteiger partial charge in [-0.05, 0) is 464 Å². The molecule has 24 aliphatic rings. The van der Waals surface area contributed by atoms with Crippen LogP contribution < -0.4 is 0 Å². The van der Waals surface area contributed by atoms with E-state index in [0.29, 0.717) is 41.3 Å². The molecule has 24 bridgehead atoms. The van der Waals surface area contributed by atoms with Gasteiger partial charge in [0.1, 0.15) is 0 Å².